The average Bonchev–Trinajstić information content (AvgIpc) is 2.98. The molecular formula is C34H23NO3. The molecule has 0 aliphatic heterocycles. The number of benzene rings is 4. The van der Waals surface area contributed by atoms with E-state index in [4.69, 9.17) is 14.2 Å². The van der Waals surface area contributed by atoms with Gasteiger partial charge in [-0.2, -0.15) is 5.26 Å². The van der Waals surface area contributed by atoms with Gasteiger partial charge in [0.2, 0.25) is 0 Å². The maximum atomic E-state index is 9.27. The van der Waals surface area contributed by atoms with Crippen molar-refractivity contribution in [1.82, 2.24) is 0 Å². The number of para-hydroxylation sites is 1. The van der Waals surface area contributed by atoms with Crippen LogP contribution in [0.1, 0.15) is 38.9 Å². The zero-order chi connectivity index (χ0) is 26.7. The Hall–Kier alpha value is -5.55. The van der Waals surface area contributed by atoms with E-state index in [0.29, 0.717) is 28.2 Å². The molecule has 4 nitrogen and oxygen atoms in total. The van der Waals surface area contributed by atoms with Crippen molar-refractivity contribution >= 4 is 0 Å². The van der Waals surface area contributed by atoms with Crippen LogP contribution in [0.2, 0.25) is 0 Å². The Bertz CT molecular complexity index is 1710. The molecule has 0 heterocycles. The smallest absolute Gasteiger partial charge is 0.135 e. The minimum atomic E-state index is 0.534. The van der Waals surface area contributed by atoms with E-state index >= 15 is 0 Å². The maximum Gasteiger partial charge on any atom is 0.135 e. The Morgan fingerprint density at radius 3 is 1.39 bits per heavy atom. The average molecular weight is 494 g/mol. The Labute approximate surface area is 223 Å². The van der Waals surface area contributed by atoms with Crippen LogP contribution in [0.4, 0.5) is 0 Å². The van der Waals surface area contributed by atoms with Gasteiger partial charge in [0.25, 0.3) is 0 Å². The van der Waals surface area contributed by atoms with Crippen LogP contribution < -0.4 is 14.2 Å². The molecule has 0 amide bonds. The van der Waals surface area contributed by atoms with Crippen LogP contribution in [0.25, 0.3) is 0 Å². The van der Waals surface area contributed by atoms with Gasteiger partial charge in [-0.25, -0.2) is 0 Å². The Morgan fingerprint density at radius 2 is 0.868 bits per heavy atom. The van der Waals surface area contributed by atoms with E-state index < -0.39 is 0 Å². The topological polar surface area (TPSA) is 51.5 Å². The van der Waals surface area contributed by atoms with Crippen molar-refractivity contribution in [3.63, 3.8) is 0 Å². The molecule has 0 radical (unpaired) electrons. The molecule has 0 bridgehead atoms. The molecule has 0 saturated carbocycles. The standard InChI is InChI=1S/C34H23NO3/c1-36-32-11-7-6-9-28(32)16-12-25-13-17-29(33(22-25)37-2)18-14-26-15-19-30(34(23-26)38-3)21-20-27-8-4-5-10-31(27)24-35/h4-11,13,15,17,19,22-23H,1-3H3. The maximum absolute atomic E-state index is 9.27. The van der Waals surface area contributed by atoms with Crippen molar-refractivity contribution in [1.29, 1.82) is 5.26 Å². The Balaban J connectivity index is 1.58. The summed E-state index contributed by atoms with van der Waals surface area (Å²) in [7, 11) is 4.83. The molecule has 4 rings (SSSR count). The first-order valence-electron chi connectivity index (χ1n) is 11.7. The van der Waals surface area contributed by atoms with E-state index in [1.807, 2.05) is 78.9 Å². The number of rotatable bonds is 3. The summed E-state index contributed by atoms with van der Waals surface area (Å²) in [5.41, 5.74) is 5.05. The number of hydrogen-bond donors (Lipinski definition) is 0. The van der Waals surface area contributed by atoms with Gasteiger partial charge in [-0.05, 0) is 60.7 Å². The van der Waals surface area contributed by atoms with Gasteiger partial charge in [-0.1, -0.05) is 59.8 Å². The molecule has 0 aliphatic carbocycles. The summed E-state index contributed by atoms with van der Waals surface area (Å²) >= 11 is 0. The van der Waals surface area contributed by atoms with Crippen LogP contribution in [-0.2, 0) is 0 Å². The van der Waals surface area contributed by atoms with E-state index in [1.54, 1.807) is 27.4 Å². The third-order valence-electron chi connectivity index (χ3n) is 5.57. The summed E-state index contributed by atoms with van der Waals surface area (Å²) in [6, 6.07) is 28.3. The predicted octanol–water partition coefficient (Wildman–Crippen LogP) is 5.78. The monoisotopic (exact) mass is 493 g/mol. The van der Waals surface area contributed by atoms with Crippen molar-refractivity contribution in [3.05, 3.63) is 124 Å². The van der Waals surface area contributed by atoms with Crippen molar-refractivity contribution in [2.45, 2.75) is 0 Å². The molecule has 4 heteroatoms. The number of nitrogens with zero attached hydrogens (tertiary/aromatic N) is 1. The first kappa shape index (κ1) is 25.5. The molecule has 0 aromatic heterocycles. The summed E-state index contributed by atoms with van der Waals surface area (Å²) in [4.78, 5) is 0. The van der Waals surface area contributed by atoms with Gasteiger partial charge in [0, 0.05) is 16.7 Å². The van der Waals surface area contributed by atoms with E-state index in [2.05, 4.69) is 41.6 Å². The van der Waals surface area contributed by atoms with E-state index in [0.717, 1.165) is 28.0 Å². The van der Waals surface area contributed by atoms with Crippen LogP contribution in [0.15, 0.2) is 84.9 Å². The van der Waals surface area contributed by atoms with Crippen LogP contribution in [-0.4, -0.2) is 21.3 Å². The van der Waals surface area contributed by atoms with Crippen LogP contribution >= 0.6 is 0 Å². The molecule has 0 unspecified atom stereocenters. The molecule has 4 aromatic rings. The summed E-state index contributed by atoms with van der Waals surface area (Å²) in [5, 5.41) is 9.27. The van der Waals surface area contributed by atoms with Gasteiger partial charge in [0.15, 0.2) is 0 Å². The largest absolute Gasteiger partial charge is 0.495 e. The Kier molecular flexibility index (Phi) is 8.35. The van der Waals surface area contributed by atoms with E-state index in [1.165, 1.54) is 0 Å². The summed E-state index contributed by atoms with van der Waals surface area (Å²) in [6.45, 7) is 0. The fraction of sp³-hybridized carbons (Fsp3) is 0.0882. The second kappa shape index (κ2) is 12.4. The van der Waals surface area contributed by atoms with Crippen molar-refractivity contribution in [2.75, 3.05) is 21.3 Å². The summed E-state index contributed by atoms with van der Waals surface area (Å²) in [5.74, 6) is 20.8. The highest BCUT2D eigenvalue weighted by Crippen LogP contribution is 2.22. The highest BCUT2D eigenvalue weighted by atomic mass is 16.5. The van der Waals surface area contributed by atoms with Gasteiger partial charge >= 0.3 is 0 Å². The lowest BCUT2D eigenvalue weighted by Crippen LogP contribution is -1.91. The molecule has 0 aliphatic rings. The lowest BCUT2D eigenvalue weighted by Gasteiger charge is -2.05. The zero-order valence-corrected chi connectivity index (χ0v) is 21.3. The summed E-state index contributed by atoms with van der Waals surface area (Å²) < 4.78 is 16.5. The SMILES string of the molecule is COc1ccccc1C#Cc1ccc(C#Cc2ccc(C#Cc3ccccc3C#N)c(OC)c2)c(OC)c1. The van der Waals surface area contributed by atoms with Gasteiger partial charge < -0.3 is 14.2 Å². The molecule has 0 fully saturated rings. The molecule has 0 N–H and O–H groups in total. The van der Waals surface area contributed by atoms with Gasteiger partial charge in [0.1, 0.15) is 23.3 Å². The minimum absolute atomic E-state index is 0.534. The van der Waals surface area contributed by atoms with Crippen molar-refractivity contribution in [2.24, 2.45) is 0 Å². The quantitative estimate of drug-likeness (QED) is 0.340. The number of ether oxygens (including phenoxy) is 3. The highest BCUT2D eigenvalue weighted by Gasteiger charge is 2.04. The lowest BCUT2D eigenvalue weighted by molar-refractivity contribution is 0.413. The first-order chi connectivity index (χ1) is 18.6. The predicted molar refractivity (Wildman–Crippen MR) is 148 cm³/mol. The molecule has 0 atom stereocenters. The van der Waals surface area contributed by atoms with Gasteiger partial charge in [-0.15, -0.1) is 0 Å². The lowest BCUT2D eigenvalue weighted by atomic mass is 10.1. The third kappa shape index (κ3) is 6.17. The fourth-order valence-electron chi connectivity index (χ4n) is 3.60. The molecule has 4 aromatic carbocycles. The molecule has 182 valence electrons. The van der Waals surface area contributed by atoms with Crippen LogP contribution in [0.3, 0.4) is 0 Å². The van der Waals surface area contributed by atoms with Crippen molar-refractivity contribution < 1.29 is 14.2 Å². The molecule has 0 saturated heterocycles. The number of hydrogen-bond acceptors (Lipinski definition) is 4. The highest BCUT2D eigenvalue weighted by molar-refractivity contribution is 5.59. The number of methoxy groups -OCH3 is 3. The third-order valence-corrected chi connectivity index (χ3v) is 5.57. The van der Waals surface area contributed by atoms with Crippen LogP contribution in [0, 0.1) is 46.9 Å². The number of nitriles is 1. The fourth-order valence-corrected chi connectivity index (χ4v) is 3.60. The second-order valence-corrected chi connectivity index (χ2v) is 7.94. The zero-order valence-electron chi connectivity index (χ0n) is 21.3. The normalized spacial score (nSPS) is 9.32. The van der Waals surface area contributed by atoms with E-state index in [-0.39, 0.29) is 0 Å². The minimum Gasteiger partial charge on any atom is -0.495 e. The van der Waals surface area contributed by atoms with Gasteiger partial charge in [0.05, 0.1) is 43.6 Å². The van der Waals surface area contributed by atoms with Crippen molar-refractivity contribution in [3.8, 4) is 58.8 Å². The second-order valence-electron chi connectivity index (χ2n) is 7.94. The van der Waals surface area contributed by atoms with Crippen LogP contribution in [0.5, 0.6) is 17.2 Å². The van der Waals surface area contributed by atoms with E-state index in [9.17, 15) is 5.26 Å². The first-order valence-corrected chi connectivity index (χ1v) is 11.7. The molecular weight excluding hydrogens is 470 g/mol. The molecule has 0 spiro atoms. The Morgan fingerprint density at radius 1 is 0.447 bits per heavy atom. The molecule has 38 heavy (non-hydrogen) atoms. The van der Waals surface area contributed by atoms with Gasteiger partial charge in [-0.3, -0.25) is 0 Å². The summed E-state index contributed by atoms with van der Waals surface area (Å²) in [6.07, 6.45) is 0.